The SMILES string of the molecule is N#Cc1cccnc1N1CCCN(C(=O)c2cccc(Oc3cccc(C(F)(F)F)c3)c2)CC1. The fourth-order valence-corrected chi connectivity index (χ4v) is 3.82. The van der Waals surface area contributed by atoms with E-state index in [4.69, 9.17) is 4.74 Å². The highest BCUT2D eigenvalue weighted by atomic mass is 19.4. The van der Waals surface area contributed by atoms with E-state index in [0.717, 1.165) is 12.1 Å². The molecule has 1 saturated heterocycles. The van der Waals surface area contributed by atoms with E-state index in [1.165, 1.54) is 18.2 Å². The molecule has 9 heteroatoms. The zero-order valence-electron chi connectivity index (χ0n) is 18.1. The van der Waals surface area contributed by atoms with Crippen LogP contribution in [-0.2, 0) is 6.18 Å². The minimum Gasteiger partial charge on any atom is -0.457 e. The molecule has 1 fully saturated rings. The first-order valence-electron chi connectivity index (χ1n) is 10.7. The van der Waals surface area contributed by atoms with Crippen LogP contribution in [0, 0.1) is 11.3 Å². The van der Waals surface area contributed by atoms with Crippen LogP contribution in [0.5, 0.6) is 11.5 Å². The van der Waals surface area contributed by atoms with Gasteiger partial charge in [-0.2, -0.15) is 18.4 Å². The molecule has 0 N–H and O–H groups in total. The summed E-state index contributed by atoms with van der Waals surface area (Å²) in [6.45, 7) is 2.16. The van der Waals surface area contributed by atoms with E-state index >= 15 is 0 Å². The summed E-state index contributed by atoms with van der Waals surface area (Å²) in [4.78, 5) is 21.2. The van der Waals surface area contributed by atoms with E-state index in [9.17, 15) is 23.2 Å². The highest BCUT2D eigenvalue weighted by Gasteiger charge is 2.30. The number of halogens is 3. The summed E-state index contributed by atoms with van der Waals surface area (Å²) in [6, 6.07) is 16.6. The molecule has 0 aliphatic carbocycles. The van der Waals surface area contributed by atoms with Crippen molar-refractivity contribution >= 4 is 11.7 Å². The zero-order chi connectivity index (χ0) is 24.1. The van der Waals surface area contributed by atoms with Crippen molar-refractivity contribution in [3.8, 4) is 17.6 Å². The van der Waals surface area contributed by atoms with Gasteiger partial charge in [-0.1, -0.05) is 12.1 Å². The van der Waals surface area contributed by atoms with E-state index in [1.54, 1.807) is 41.4 Å². The van der Waals surface area contributed by atoms with Crippen LogP contribution in [0.4, 0.5) is 19.0 Å². The molecule has 4 rings (SSSR count). The Kier molecular flexibility index (Phi) is 6.68. The van der Waals surface area contributed by atoms with Gasteiger partial charge < -0.3 is 14.5 Å². The maximum atomic E-state index is 13.1. The normalized spacial score (nSPS) is 14.3. The third kappa shape index (κ3) is 5.29. The number of hydrogen-bond acceptors (Lipinski definition) is 5. The number of hydrogen-bond donors (Lipinski definition) is 0. The summed E-state index contributed by atoms with van der Waals surface area (Å²) in [6.07, 6.45) is -2.13. The van der Waals surface area contributed by atoms with Crippen LogP contribution < -0.4 is 9.64 Å². The standard InChI is InChI=1S/C25H21F3N4O2/c26-25(27,28)20-7-2-9-22(16-20)34-21-8-1-5-18(15-21)24(33)32-12-4-11-31(13-14-32)23-19(17-29)6-3-10-30-23/h1-3,5-10,15-16H,4,11-14H2. The largest absolute Gasteiger partial charge is 0.457 e. The molecule has 1 aromatic heterocycles. The third-order valence-electron chi connectivity index (χ3n) is 5.47. The van der Waals surface area contributed by atoms with Gasteiger partial charge in [0.1, 0.15) is 23.4 Å². The monoisotopic (exact) mass is 466 g/mol. The highest BCUT2D eigenvalue weighted by molar-refractivity contribution is 5.94. The number of nitrogens with zero attached hydrogens (tertiary/aromatic N) is 4. The number of aromatic nitrogens is 1. The first kappa shape index (κ1) is 23.1. The maximum absolute atomic E-state index is 13.1. The van der Waals surface area contributed by atoms with Gasteiger partial charge in [0.2, 0.25) is 0 Å². The molecule has 3 aromatic rings. The molecular weight excluding hydrogens is 445 g/mol. The topological polar surface area (TPSA) is 69.5 Å². The number of rotatable bonds is 4. The molecule has 6 nitrogen and oxygen atoms in total. The molecule has 0 unspecified atom stereocenters. The summed E-state index contributed by atoms with van der Waals surface area (Å²) in [7, 11) is 0. The molecule has 174 valence electrons. The Balaban J connectivity index is 1.46. The number of pyridine rings is 1. The predicted molar refractivity (Wildman–Crippen MR) is 120 cm³/mol. The average molecular weight is 466 g/mol. The van der Waals surface area contributed by atoms with Crippen molar-refractivity contribution in [2.45, 2.75) is 12.6 Å². The fraction of sp³-hybridized carbons (Fsp3) is 0.240. The lowest BCUT2D eigenvalue weighted by atomic mass is 10.1. The van der Waals surface area contributed by atoms with Crippen molar-refractivity contribution in [3.05, 3.63) is 83.6 Å². The van der Waals surface area contributed by atoms with Gasteiger partial charge in [0, 0.05) is 37.9 Å². The molecule has 1 amide bonds. The Morgan fingerprint density at radius 2 is 1.74 bits per heavy atom. The second-order valence-electron chi connectivity index (χ2n) is 7.77. The smallest absolute Gasteiger partial charge is 0.416 e. The van der Waals surface area contributed by atoms with Gasteiger partial charge in [-0.25, -0.2) is 4.98 Å². The summed E-state index contributed by atoms with van der Waals surface area (Å²) in [5.74, 6) is 0.718. The van der Waals surface area contributed by atoms with E-state index in [0.29, 0.717) is 49.5 Å². The first-order chi connectivity index (χ1) is 16.3. The minimum absolute atomic E-state index is 0.0356. The molecule has 34 heavy (non-hydrogen) atoms. The van der Waals surface area contributed by atoms with Crippen molar-refractivity contribution < 1.29 is 22.7 Å². The maximum Gasteiger partial charge on any atom is 0.416 e. The number of carbonyl (C=O) groups is 1. The van der Waals surface area contributed by atoms with E-state index in [1.807, 2.05) is 4.90 Å². The molecule has 1 aliphatic rings. The molecule has 0 saturated carbocycles. The van der Waals surface area contributed by atoms with Crippen molar-refractivity contribution in [3.63, 3.8) is 0 Å². The fourth-order valence-electron chi connectivity index (χ4n) is 3.82. The van der Waals surface area contributed by atoms with Crippen molar-refractivity contribution in [2.75, 3.05) is 31.1 Å². The van der Waals surface area contributed by atoms with Gasteiger partial charge in [0.05, 0.1) is 11.1 Å². The second-order valence-corrected chi connectivity index (χ2v) is 7.77. The number of carbonyl (C=O) groups excluding carboxylic acids is 1. The number of benzene rings is 2. The number of nitriles is 1. The quantitative estimate of drug-likeness (QED) is 0.534. The van der Waals surface area contributed by atoms with Crippen LogP contribution in [0.1, 0.15) is 27.9 Å². The number of anilines is 1. The molecule has 1 aliphatic heterocycles. The van der Waals surface area contributed by atoms with Crippen molar-refractivity contribution in [1.29, 1.82) is 5.26 Å². The van der Waals surface area contributed by atoms with Crippen LogP contribution in [0.2, 0.25) is 0 Å². The first-order valence-corrected chi connectivity index (χ1v) is 10.7. The Bertz CT molecular complexity index is 1220. The van der Waals surface area contributed by atoms with Gasteiger partial charge in [0.25, 0.3) is 5.91 Å². The zero-order valence-corrected chi connectivity index (χ0v) is 18.1. The Hall–Kier alpha value is -4.06. The number of alkyl halides is 3. The van der Waals surface area contributed by atoms with Crippen LogP contribution in [0.15, 0.2) is 66.9 Å². The van der Waals surface area contributed by atoms with Crippen LogP contribution in [0.3, 0.4) is 0 Å². The van der Waals surface area contributed by atoms with Gasteiger partial charge in [0.15, 0.2) is 0 Å². The lowest BCUT2D eigenvalue weighted by molar-refractivity contribution is -0.137. The number of amides is 1. The summed E-state index contributed by atoms with van der Waals surface area (Å²) in [5, 5.41) is 9.35. The lowest BCUT2D eigenvalue weighted by Crippen LogP contribution is -2.35. The average Bonchev–Trinajstić information content (AvgIpc) is 3.10. The van der Waals surface area contributed by atoms with E-state index in [-0.39, 0.29) is 17.4 Å². The van der Waals surface area contributed by atoms with Crippen LogP contribution in [-0.4, -0.2) is 42.0 Å². The van der Waals surface area contributed by atoms with Gasteiger partial charge in [-0.15, -0.1) is 0 Å². The Labute approximate surface area is 194 Å². The van der Waals surface area contributed by atoms with E-state index in [2.05, 4.69) is 11.1 Å². The summed E-state index contributed by atoms with van der Waals surface area (Å²) >= 11 is 0. The highest BCUT2D eigenvalue weighted by Crippen LogP contribution is 2.33. The molecule has 0 spiro atoms. The third-order valence-corrected chi connectivity index (χ3v) is 5.47. The van der Waals surface area contributed by atoms with Crippen LogP contribution in [0.25, 0.3) is 0 Å². The molecule has 0 bridgehead atoms. The van der Waals surface area contributed by atoms with Crippen LogP contribution >= 0.6 is 0 Å². The van der Waals surface area contributed by atoms with Crippen molar-refractivity contribution in [2.24, 2.45) is 0 Å². The molecule has 2 aromatic carbocycles. The molecule has 0 atom stereocenters. The van der Waals surface area contributed by atoms with Gasteiger partial charge >= 0.3 is 6.18 Å². The second kappa shape index (κ2) is 9.83. The molecule has 2 heterocycles. The summed E-state index contributed by atoms with van der Waals surface area (Å²) < 4.78 is 44.5. The Morgan fingerprint density at radius 1 is 0.971 bits per heavy atom. The number of ether oxygens (including phenoxy) is 1. The minimum atomic E-state index is -4.47. The van der Waals surface area contributed by atoms with E-state index < -0.39 is 11.7 Å². The summed E-state index contributed by atoms with van der Waals surface area (Å²) in [5.41, 5.74) is 0.0639. The predicted octanol–water partition coefficient (Wildman–Crippen LogP) is 5.12. The van der Waals surface area contributed by atoms with Crippen molar-refractivity contribution in [1.82, 2.24) is 9.88 Å². The molecular formula is C25H21F3N4O2. The van der Waals surface area contributed by atoms with Gasteiger partial charge in [-0.3, -0.25) is 4.79 Å². The van der Waals surface area contributed by atoms with Gasteiger partial charge in [-0.05, 0) is 55.0 Å². The molecule has 0 radical (unpaired) electrons. The Morgan fingerprint density at radius 3 is 2.50 bits per heavy atom. The lowest BCUT2D eigenvalue weighted by Gasteiger charge is -2.23.